The lowest BCUT2D eigenvalue weighted by Gasteiger charge is -2.39. The predicted octanol–water partition coefficient (Wildman–Crippen LogP) is 4.02. The number of carbonyl (C=O) groups excluding carboxylic acids is 1. The standard InChI is InChI=1S/C24H21N5OS/c30-23(25-12-20-15-31-24(28-20)18-9-5-2-6-10-18)19-13-29(14-19)22-11-21(26-16-27-22)17-7-3-1-4-8-17/h1-11,15-16,19H,12-14H2,(H,25,30). The number of hydrogen-bond acceptors (Lipinski definition) is 6. The quantitative estimate of drug-likeness (QED) is 0.503. The van der Waals surface area contributed by atoms with E-state index in [1.54, 1.807) is 17.7 Å². The van der Waals surface area contributed by atoms with E-state index in [0.29, 0.717) is 19.6 Å². The second-order valence-corrected chi connectivity index (χ2v) is 8.32. The zero-order chi connectivity index (χ0) is 21.0. The van der Waals surface area contributed by atoms with Crippen molar-refractivity contribution in [2.75, 3.05) is 18.0 Å². The predicted molar refractivity (Wildman–Crippen MR) is 123 cm³/mol. The molecule has 5 rings (SSSR count). The molecule has 1 saturated heterocycles. The largest absolute Gasteiger partial charge is 0.355 e. The highest BCUT2D eigenvalue weighted by atomic mass is 32.1. The number of thiazole rings is 1. The van der Waals surface area contributed by atoms with E-state index in [2.05, 4.69) is 25.2 Å². The molecule has 1 amide bonds. The normalized spacial score (nSPS) is 13.6. The minimum Gasteiger partial charge on any atom is -0.355 e. The first-order valence-electron chi connectivity index (χ1n) is 10.2. The zero-order valence-corrected chi connectivity index (χ0v) is 17.6. The van der Waals surface area contributed by atoms with Crippen LogP contribution in [-0.4, -0.2) is 33.9 Å². The lowest BCUT2D eigenvalue weighted by atomic mass is 9.99. The molecule has 1 aliphatic rings. The van der Waals surface area contributed by atoms with E-state index in [1.807, 2.05) is 72.1 Å². The number of rotatable bonds is 6. The second kappa shape index (κ2) is 8.65. The summed E-state index contributed by atoms with van der Waals surface area (Å²) in [6.07, 6.45) is 1.58. The summed E-state index contributed by atoms with van der Waals surface area (Å²) in [7, 11) is 0. The summed E-state index contributed by atoms with van der Waals surface area (Å²) in [5, 5.41) is 5.99. The van der Waals surface area contributed by atoms with E-state index in [0.717, 1.165) is 33.3 Å². The van der Waals surface area contributed by atoms with Gasteiger partial charge in [0.15, 0.2) is 0 Å². The van der Waals surface area contributed by atoms with Crippen LogP contribution in [0.2, 0.25) is 0 Å². The number of hydrogen-bond donors (Lipinski definition) is 1. The van der Waals surface area contributed by atoms with Crippen molar-refractivity contribution in [3.8, 4) is 21.8 Å². The molecule has 2 aromatic carbocycles. The molecule has 0 spiro atoms. The van der Waals surface area contributed by atoms with Crippen molar-refractivity contribution in [1.29, 1.82) is 0 Å². The van der Waals surface area contributed by atoms with Gasteiger partial charge in [0.1, 0.15) is 17.2 Å². The Balaban J connectivity index is 1.15. The maximum atomic E-state index is 12.5. The van der Waals surface area contributed by atoms with Gasteiger partial charge in [-0.1, -0.05) is 60.7 Å². The van der Waals surface area contributed by atoms with E-state index >= 15 is 0 Å². The monoisotopic (exact) mass is 427 g/mol. The van der Waals surface area contributed by atoms with E-state index in [1.165, 1.54) is 0 Å². The number of aromatic nitrogens is 3. The third-order valence-electron chi connectivity index (χ3n) is 5.31. The third-order valence-corrected chi connectivity index (χ3v) is 6.25. The summed E-state index contributed by atoms with van der Waals surface area (Å²) in [5.74, 6) is 0.870. The first kappa shape index (κ1) is 19.4. The van der Waals surface area contributed by atoms with Crippen LogP contribution in [0.25, 0.3) is 21.8 Å². The topological polar surface area (TPSA) is 71.0 Å². The first-order valence-corrected chi connectivity index (χ1v) is 11.0. The fourth-order valence-electron chi connectivity index (χ4n) is 3.54. The van der Waals surface area contributed by atoms with Gasteiger partial charge < -0.3 is 10.2 Å². The molecule has 0 bridgehead atoms. The lowest BCUT2D eigenvalue weighted by Crippen LogP contribution is -2.54. The van der Waals surface area contributed by atoms with E-state index in [-0.39, 0.29) is 11.8 Å². The van der Waals surface area contributed by atoms with Crippen molar-refractivity contribution >= 4 is 23.1 Å². The van der Waals surface area contributed by atoms with Crippen LogP contribution in [0.4, 0.5) is 5.82 Å². The SMILES string of the molecule is O=C(NCc1csc(-c2ccccc2)n1)C1CN(c2cc(-c3ccccc3)ncn2)C1. The minimum atomic E-state index is -0.0395. The Morgan fingerprint density at radius 2 is 1.71 bits per heavy atom. The Kier molecular flexibility index (Phi) is 5.41. The molecule has 1 fully saturated rings. The van der Waals surface area contributed by atoms with Crippen LogP contribution in [0.5, 0.6) is 0 Å². The van der Waals surface area contributed by atoms with Gasteiger partial charge in [-0.05, 0) is 0 Å². The van der Waals surface area contributed by atoms with Crippen LogP contribution in [0, 0.1) is 5.92 Å². The summed E-state index contributed by atoms with van der Waals surface area (Å²) in [4.78, 5) is 28.0. The average molecular weight is 428 g/mol. The summed E-state index contributed by atoms with van der Waals surface area (Å²) >= 11 is 1.59. The summed E-state index contributed by atoms with van der Waals surface area (Å²) < 4.78 is 0. The number of carbonyl (C=O) groups is 1. The summed E-state index contributed by atoms with van der Waals surface area (Å²) in [6.45, 7) is 1.76. The molecule has 6 nitrogen and oxygen atoms in total. The highest BCUT2D eigenvalue weighted by molar-refractivity contribution is 7.13. The van der Waals surface area contributed by atoms with Gasteiger partial charge >= 0.3 is 0 Å². The molecule has 0 unspecified atom stereocenters. The number of anilines is 1. The Hall–Kier alpha value is -3.58. The molecule has 3 heterocycles. The Morgan fingerprint density at radius 3 is 2.45 bits per heavy atom. The molecule has 154 valence electrons. The van der Waals surface area contributed by atoms with E-state index in [9.17, 15) is 4.79 Å². The molecule has 1 N–H and O–H groups in total. The van der Waals surface area contributed by atoms with Gasteiger partial charge in [0, 0.05) is 35.7 Å². The molecular formula is C24H21N5OS. The average Bonchev–Trinajstić information content (AvgIpc) is 3.27. The van der Waals surface area contributed by atoms with Gasteiger partial charge in [-0.2, -0.15) is 0 Å². The highest BCUT2D eigenvalue weighted by Gasteiger charge is 2.33. The maximum absolute atomic E-state index is 12.5. The van der Waals surface area contributed by atoms with Crippen LogP contribution >= 0.6 is 11.3 Å². The van der Waals surface area contributed by atoms with Crippen LogP contribution < -0.4 is 10.2 Å². The van der Waals surface area contributed by atoms with Crippen molar-refractivity contribution in [3.05, 3.63) is 84.1 Å². The lowest BCUT2D eigenvalue weighted by molar-refractivity contribution is -0.125. The molecule has 31 heavy (non-hydrogen) atoms. The molecule has 0 aliphatic carbocycles. The molecule has 0 radical (unpaired) electrons. The van der Waals surface area contributed by atoms with E-state index in [4.69, 9.17) is 0 Å². The number of nitrogens with one attached hydrogen (secondary N) is 1. The minimum absolute atomic E-state index is 0.0395. The Morgan fingerprint density at radius 1 is 1.00 bits per heavy atom. The van der Waals surface area contributed by atoms with Crippen molar-refractivity contribution < 1.29 is 4.79 Å². The van der Waals surface area contributed by atoms with Crippen molar-refractivity contribution in [3.63, 3.8) is 0 Å². The smallest absolute Gasteiger partial charge is 0.227 e. The van der Waals surface area contributed by atoms with Gasteiger partial charge in [-0.25, -0.2) is 15.0 Å². The van der Waals surface area contributed by atoms with Crippen molar-refractivity contribution in [1.82, 2.24) is 20.3 Å². The van der Waals surface area contributed by atoms with E-state index < -0.39 is 0 Å². The van der Waals surface area contributed by atoms with Crippen molar-refractivity contribution in [2.45, 2.75) is 6.54 Å². The number of amides is 1. The molecule has 2 aromatic heterocycles. The van der Waals surface area contributed by atoms with Crippen LogP contribution in [0.1, 0.15) is 5.69 Å². The Bertz CT molecular complexity index is 1170. The fourth-order valence-corrected chi connectivity index (χ4v) is 4.37. The van der Waals surface area contributed by atoms with Crippen molar-refractivity contribution in [2.24, 2.45) is 5.92 Å². The first-order chi connectivity index (χ1) is 15.3. The van der Waals surface area contributed by atoms with Crippen LogP contribution in [0.3, 0.4) is 0 Å². The van der Waals surface area contributed by atoms with Crippen LogP contribution in [-0.2, 0) is 11.3 Å². The fraction of sp³-hybridized carbons (Fsp3) is 0.167. The Labute approximate surface area is 184 Å². The summed E-state index contributed by atoms with van der Waals surface area (Å²) in [6, 6.07) is 22.1. The number of benzene rings is 2. The molecule has 7 heteroatoms. The molecule has 4 aromatic rings. The van der Waals surface area contributed by atoms with Gasteiger partial charge in [-0.3, -0.25) is 4.79 Å². The summed E-state index contributed by atoms with van der Waals surface area (Å²) in [5.41, 5.74) is 3.92. The second-order valence-electron chi connectivity index (χ2n) is 7.46. The molecule has 1 aliphatic heterocycles. The maximum Gasteiger partial charge on any atom is 0.227 e. The van der Waals surface area contributed by atoms with Gasteiger partial charge in [0.05, 0.1) is 23.9 Å². The highest BCUT2D eigenvalue weighted by Crippen LogP contribution is 2.27. The molecule has 0 saturated carbocycles. The van der Waals surface area contributed by atoms with Crippen LogP contribution in [0.15, 0.2) is 78.4 Å². The molecular weight excluding hydrogens is 406 g/mol. The van der Waals surface area contributed by atoms with Gasteiger partial charge in [0.25, 0.3) is 0 Å². The molecule has 0 atom stereocenters. The van der Waals surface area contributed by atoms with Gasteiger partial charge in [-0.15, -0.1) is 11.3 Å². The third kappa shape index (κ3) is 4.32. The number of nitrogens with zero attached hydrogens (tertiary/aromatic N) is 4. The zero-order valence-electron chi connectivity index (χ0n) is 16.8. The van der Waals surface area contributed by atoms with Gasteiger partial charge in [0.2, 0.25) is 5.91 Å².